The van der Waals surface area contributed by atoms with Crippen molar-refractivity contribution in [2.24, 2.45) is 0 Å². The molecule has 0 fully saturated rings. The van der Waals surface area contributed by atoms with Crippen LogP contribution in [0.25, 0.3) is 10.9 Å². The molecule has 2 aromatic heterocycles. The summed E-state index contributed by atoms with van der Waals surface area (Å²) in [4.78, 5) is 12.5. The van der Waals surface area contributed by atoms with Gasteiger partial charge in [0.05, 0.1) is 5.52 Å². The van der Waals surface area contributed by atoms with Crippen LogP contribution in [0.3, 0.4) is 0 Å². The summed E-state index contributed by atoms with van der Waals surface area (Å²) in [6.45, 7) is 0. The van der Waals surface area contributed by atoms with Crippen molar-refractivity contribution in [3.8, 4) is 11.9 Å². The Labute approximate surface area is 97.9 Å². The molecule has 2 heterocycles. The molecule has 0 saturated carbocycles. The fourth-order valence-electron chi connectivity index (χ4n) is 1.51. The molecule has 4 nitrogen and oxygen atoms in total. The van der Waals surface area contributed by atoms with E-state index >= 15 is 0 Å². The molecule has 0 amide bonds. The van der Waals surface area contributed by atoms with Crippen LogP contribution in [0.1, 0.15) is 0 Å². The number of pyridine rings is 1. The number of aromatic nitrogens is 3. The van der Waals surface area contributed by atoms with Crippen LogP contribution in [0.15, 0.2) is 54.9 Å². The van der Waals surface area contributed by atoms with Gasteiger partial charge in [0.1, 0.15) is 0 Å². The number of fused-ring (bicyclic) bond motifs is 1. The quantitative estimate of drug-likeness (QED) is 0.670. The minimum Gasteiger partial charge on any atom is -0.405 e. The number of hydrogen-bond acceptors (Lipinski definition) is 4. The highest BCUT2D eigenvalue weighted by Crippen LogP contribution is 2.17. The van der Waals surface area contributed by atoms with Crippen molar-refractivity contribution in [3.05, 3.63) is 54.9 Å². The average Bonchev–Trinajstić information content (AvgIpc) is 2.40. The first-order valence-corrected chi connectivity index (χ1v) is 5.22. The van der Waals surface area contributed by atoms with Gasteiger partial charge in [-0.3, -0.25) is 0 Å². The van der Waals surface area contributed by atoms with Gasteiger partial charge in [0.15, 0.2) is 0 Å². The molecule has 0 saturated heterocycles. The minimum atomic E-state index is 0.308. The van der Waals surface area contributed by atoms with Gasteiger partial charge in [0, 0.05) is 23.8 Å². The van der Waals surface area contributed by atoms with Crippen LogP contribution in [-0.2, 0) is 0 Å². The highest BCUT2D eigenvalue weighted by atomic mass is 16.5. The summed E-state index contributed by atoms with van der Waals surface area (Å²) >= 11 is 0. The number of ether oxygens (including phenoxy) is 1. The second kappa shape index (κ2) is 4.17. The molecule has 0 aliphatic rings. The van der Waals surface area contributed by atoms with Crippen LogP contribution in [0.4, 0.5) is 0 Å². The van der Waals surface area contributed by atoms with E-state index in [1.807, 2.05) is 36.4 Å². The molecular weight excluding hydrogens is 214 g/mol. The predicted octanol–water partition coefficient (Wildman–Crippen LogP) is 2.82. The van der Waals surface area contributed by atoms with Gasteiger partial charge in [0.2, 0.25) is 5.88 Å². The molecule has 0 aliphatic carbocycles. The third-order valence-corrected chi connectivity index (χ3v) is 2.30. The van der Waals surface area contributed by atoms with Crippen LogP contribution >= 0.6 is 0 Å². The summed E-state index contributed by atoms with van der Waals surface area (Å²) in [5.41, 5.74) is 0.855. The molecule has 1 aromatic carbocycles. The van der Waals surface area contributed by atoms with Crippen molar-refractivity contribution in [2.45, 2.75) is 0 Å². The topological polar surface area (TPSA) is 47.9 Å². The van der Waals surface area contributed by atoms with E-state index in [9.17, 15) is 0 Å². The van der Waals surface area contributed by atoms with Crippen LogP contribution in [-0.4, -0.2) is 15.0 Å². The molecule has 0 bridgehead atoms. The van der Waals surface area contributed by atoms with Crippen molar-refractivity contribution in [1.82, 2.24) is 15.0 Å². The molecule has 0 spiro atoms. The maximum Gasteiger partial charge on any atom is 0.323 e. The summed E-state index contributed by atoms with van der Waals surface area (Å²) in [5, 5.41) is 0.987. The minimum absolute atomic E-state index is 0.308. The molecular formula is C13H9N3O. The van der Waals surface area contributed by atoms with Gasteiger partial charge in [-0.2, -0.15) is 4.98 Å². The Morgan fingerprint density at radius 2 is 1.76 bits per heavy atom. The van der Waals surface area contributed by atoms with Crippen molar-refractivity contribution >= 4 is 10.9 Å². The predicted molar refractivity (Wildman–Crippen MR) is 63.8 cm³/mol. The zero-order chi connectivity index (χ0) is 11.5. The van der Waals surface area contributed by atoms with Gasteiger partial charge in [-0.1, -0.05) is 24.3 Å². The summed E-state index contributed by atoms with van der Waals surface area (Å²) in [6.07, 6.45) is 3.40. The van der Waals surface area contributed by atoms with Gasteiger partial charge < -0.3 is 4.74 Å². The second-order valence-electron chi connectivity index (χ2n) is 3.48. The summed E-state index contributed by atoms with van der Waals surface area (Å²) < 4.78 is 5.45. The second-order valence-corrected chi connectivity index (χ2v) is 3.48. The van der Waals surface area contributed by atoms with E-state index in [1.54, 1.807) is 18.5 Å². The number of para-hydroxylation sites is 1. The van der Waals surface area contributed by atoms with Crippen LogP contribution < -0.4 is 4.74 Å². The van der Waals surface area contributed by atoms with E-state index in [1.165, 1.54) is 0 Å². The van der Waals surface area contributed by atoms with Gasteiger partial charge in [-0.15, -0.1) is 0 Å². The first-order chi connectivity index (χ1) is 8.42. The fourth-order valence-corrected chi connectivity index (χ4v) is 1.51. The van der Waals surface area contributed by atoms with E-state index < -0.39 is 0 Å². The van der Waals surface area contributed by atoms with E-state index in [0.29, 0.717) is 11.9 Å². The van der Waals surface area contributed by atoms with Crippen LogP contribution in [0.2, 0.25) is 0 Å². The van der Waals surface area contributed by atoms with E-state index in [-0.39, 0.29) is 0 Å². The Hall–Kier alpha value is -2.49. The largest absolute Gasteiger partial charge is 0.405 e. The van der Waals surface area contributed by atoms with Crippen molar-refractivity contribution in [2.75, 3.05) is 0 Å². The third kappa shape index (κ3) is 2.06. The lowest BCUT2D eigenvalue weighted by molar-refractivity contribution is 0.427. The maximum atomic E-state index is 5.45. The Bertz CT molecular complexity index is 640. The zero-order valence-corrected chi connectivity index (χ0v) is 8.95. The van der Waals surface area contributed by atoms with Gasteiger partial charge in [-0.25, -0.2) is 9.97 Å². The molecule has 4 heteroatoms. The Morgan fingerprint density at radius 3 is 2.65 bits per heavy atom. The molecule has 17 heavy (non-hydrogen) atoms. The van der Waals surface area contributed by atoms with Gasteiger partial charge >= 0.3 is 6.01 Å². The van der Waals surface area contributed by atoms with Crippen molar-refractivity contribution in [3.63, 3.8) is 0 Å². The maximum absolute atomic E-state index is 5.45. The standard InChI is InChI=1S/C13H9N3O/c1-2-6-11-10(5-1)9-15-13(16-11)17-12-7-3-4-8-14-12/h1-9H. The van der Waals surface area contributed by atoms with E-state index in [0.717, 1.165) is 10.9 Å². The Morgan fingerprint density at radius 1 is 0.882 bits per heavy atom. The van der Waals surface area contributed by atoms with Crippen LogP contribution in [0, 0.1) is 0 Å². The summed E-state index contributed by atoms with van der Waals surface area (Å²) in [5.74, 6) is 0.489. The summed E-state index contributed by atoms with van der Waals surface area (Å²) in [6, 6.07) is 13.5. The van der Waals surface area contributed by atoms with E-state index in [2.05, 4.69) is 15.0 Å². The molecule has 0 radical (unpaired) electrons. The molecule has 0 aliphatic heterocycles. The molecule has 82 valence electrons. The summed E-state index contributed by atoms with van der Waals surface area (Å²) in [7, 11) is 0. The lowest BCUT2D eigenvalue weighted by atomic mass is 10.2. The highest BCUT2D eigenvalue weighted by Gasteiger charge is 2.02. The van der Waals surface area contributed by atoms with Gasteiger partial charge in [0.25, 0.3) is 0 Å². The normalized spacial score (nSPS) is 10.4. The highest BCUT2D eigenvalue weighted by molar-refractivity contribution is 5.77. The zero-order valence-electron chi connectivity index (χ0n) is 8.95. The number of benzene rings is 1. The molecule has 0 unspecified atom stereocenters. The third-order valence-electron chi connectivity index (χ3n) is 2.30. The van der Waals surface area contributed by atoms with Crippen molar-refractivity contribution < 1.29 is 4.74 Å². The number of nitrogens with zero attached hydrogens (tertiary/aromatic N) is 3. The lowest BCUT2D eigenvalue weighted by Gasteiger charge is -2.02. The molecule has 0 N–H and O–H groups in total. The van der Waals surface area contributed by atoms with Gasteiger partial charge in [-0.05, 0) is 12.1 Å². The number of rotatable bonds is 2. The number of hydrogen-bond donors (Lipinski definition) is 0. The van der Waals surface area contributed by atoms with Crippen LogP contribution in [0.5, 0.6) is 11.9 Å². The molecule has 0 atom stereocenters. The fraction of sp³-hybridized carbons (Fsp3) is 0. The Kier molecular flexibility index (Phi) is 2.38. The first-order valence-electron chi connectivity index (χ1n) is 5.22. The lowest BCUT2D eigenvalue weighted by Crippen LogP contribution is -1.93. The SMILES string of the molecule is c1ccc(Oc2ncc3ccccc3n2)nc1. The molecule has 3 aromatic rings. The smallest absolute Gasteiger partial charge is 0.323 e. The average molecular weight is 223 g/mol. The first kappa shape index (κ1) is 9.72. The van der Waals surface area contributed by atoms with E-state index in [4.69, 9.17) is 4.74 Å². The Balaban J connectivity index is 1.96. The monoisotopic (exact) mass is 223 g/mol. The van der Waals surface area contributed by atoms with Crippen molar-refractivity contribution in [1.29, 1.82) is 0 Å². The molecule has 3 rings (SSSR count).